The molecule has 6 nitrogen and oxygen atoms in total. The number of amidine groups is 1. The molecule has 0 spiro atoms. The van der Waals surface area contributed by atoms with Crippen LogP contribution < -0.4 is 10.5 Å². The molecule has 2 rings (SSSR count). The fraction of sp³-hybridized carbons (Fsp3) is 0.571. The molecular weight excluding hydrogens is 258 g/mol. The topological polar surface area (TPSA) is 90.0 Å². The van der Waals surface area contributed by atoms with Crippen molar-refractivity contribution in [2.45, 2.75) is 51.9 Å². The van der Waals surface area contributed by atoms with Crippen LogP contribution in [0.4, 0.5) is 0 Å². The summed E-state index contributed by atoms with van der Waals surface area (Å²) in [5.74, 6) is 0.409. The van der Waals surface area contributed by atoms with Gasteiger partial charge in [0.25, 0.3) is 0 Å². The van der Waals surface area contributed by atoms with E-state index in [9.17, 15) is 0 Å². The molecule has 1 fully saturated rings. The molecule has 1 aromatic rings. The van der Waals surface area contributed by atoms with Crippen LogP contribution in [0.1, 0.15) is 37.9 Å². The molecular formula is C14H21N3O3. The summed E-state index contributed by atoms with van der Waals surface area (Å²) in [5, 5.41) is 11.9. The van der Waals surface area contributed by atoms with Crippen molar-refractivity contribution in [3.8, 4) is 5.88 Å². The minimum atomic E-state index is 0.000608. The highest BCUT2D eigenvalue weighted by atomic mass is 16.5. The first kappa shape index (κ1) is 14.6. The van der Waals surface area contributed by atoms with Crippen molar-refractivity contribution >= 4 is 5.84 Å². The van der Waals surface area contributed by atoms with Gasteiger partial charge in [0.1, 0.15) is 6.10 Å². The predicted molar refractivity (Wildman–Crippen MR) is 75.1 cm³/mol. The molecule has 0 aromatic carbocycles. The van der Waals surface area contributed by atoms with E-state index in [1.165, 1.54) is 0 Å². The van der Waals surface area contributed by atoms with Crippen LogP contribution in [-0.2, 0) is 4.74 Å². The molecule has 0 radical (unpaired) electrons. The van der Waals surface area contributed by atoms with Crippen molar-refractivity contribution in [1.82, 2.24) is 4.98 Å². The van der Waals surface area contributed by atoms with E-state index in [0.717, 1.165) is 18.5 Å². The van der Waals surface area contributed by atoms with Gasteiger partial charge in [-0.1, -0.05) is 5.16 Å². The van der Waals surface area contributed by atoms with Gasteiger partial charge < -0.3 is 20.4 Å². The van der Waals surface area contributed by atoms with Gasteiger partial charge >= 0.3 is 0 Å². The Balaban J connectivity index is 2.21. The first-order chi connectivity index (χ1) is 9.49. The molecule has 1 aromatic heterocycles. The summed E-state index contributed by atoms with van der Waals surface area (Å²) in [6, 6.07) is 3.55. The van der Waals surface area contributed by atoms with Crippen LogP contribution in [0.25, 0.3) is 0 Å². The largest absolute Gasteiger partial charge is 0.474 e. The third-order valence-corrected chi connectivity index (χ3v) is 3.32. The Morgan fingerprint density at radius 3 is 2.65 bits per heavy atom. The van der Waals surface area contributed by atoms with Gasteiger partial charge in [-0.25, -0.2) is 4.98 Å². The molecule has 2 heterocycles. The maximum Gasteiger partial charge on any atom is 0.225 e. The second-order valence-corrected chi connectivity index (χ2v) is 5.26. The maximum atomic E-state index is 8.83. The fourth-order valence-corrected chi connectivity index (χ4v) is 2.47. The van der Waals surface area contributed by atoms with Crippen LogP contribution >= 0.6 is 0 Å². The molecule has 6 heteroatoms. The van der Waals surface area contributed by atoms with Gasteiger partial charge in [-0.2, -0.15) is 0 Å². The average Bonchev–Trinajstić information content (AvgIpc) is 2.37. The molecule has 1 aliphatic rings. The number of pyridine rings is 1. The fourth-order valence-electron chi connectivity index (χ4n) is 2.47. The minimum absolute atomic E-state index is 0.000608. The van der Waals surface area contributed by atoms with Crippen molar-refractivity contribution in [1.29, 1.82) is 0 Å². The summed E-state index contributed by atoms with van der Waals surface area (Å²) < 4.78 is 11.7. The van der Waals surface area contributed by atoms with Gasteiger partial charge in [-0.15, -0.1) is 0 Å². The zero-order valence-corrected chi connectivity index (χ0v) is 12.0. The zero-order valence-electron chi connectivity index (χ0n) is 12.0. The number of rotatable bonds is 3. The Kier molecular flexibility index (Phi) is 4.44. The van der Waals surface area contributed by atoms with Crippen molar-refractivity contribution in [2.24, 2.45) is 10.9 Å². The Morgan fingerprint density at radius 2 is 2.05 bits per heavy atom. The molecule has 0 saturated carbocycles. The average molecular weight is 279 g/mol. The highest BCUT2D eigenvalue weighted by Gasteiger charge is 2.27. The van der Waals surface area contributed by atoms with Crippen molar-refractivity contribution < 1.29 is 14.7 Å². The monoisotopic (exact) mass is 279 g/mol. The molecule has 1 aliphatic heterocycles. The van der Waals surface area contributed by atoms with Crippen LogP contribution in [0, 0.1) is 6.92 Å². The van der Waals surface area contributed by atoms with E-state index in [1.54, 1.807) is 12.1 Å². The first-order valence-corrected chi connectivity index (χ1v) is 6.77. The number of oxime groups is 1. The van der Waals surface area contributed by atoms with E-state index in [0.29, 0.717) is 11.4 Å². The van der Waals surface area contributed by atoms with Gasteiger partial charge in [0, 0.05) is 18.5 Å². The van der Waals surface area contributed by atoms with Gasteiger partial charge in [-0.3, -0.25) is 0 Å². The minimum Gasteiger partial charge on any atom is -0.474 e. The molecule has 20 heavy (non-hydrogen) atoms. The lowest BCUT2D eigenvalue weighted by Gasteiger charge is -2.32. The molecule has 2 unspecified atom stereocenters. The Bertz CT molecular complexity index is 494. The number of ether oxygens (including phenoxy) is 2. The molecule has 1 saturated heterocycles. The molecule has 0 aliphatic carbocycles. The van der Waals surface area contributed by atoms with E-state index in [-0.39, 0.29) is 24.1 Å². The van der Waals surface area contributed by atoms with Crippen LogP contribution in [-0.4, -0.2) is 34.3 Å². The normalized spacial score (nSPS) is 27.4. The number of hydrogen-bond acceptors (Lipinski definition) is 5. The van der Waals surface area contributed by atoms with E-state index in [2.05, 4.69) is 10.1 Å². The van der Waals surface area contributed by atoms with Crippen LogP contribution in [0.2, 0.25) is 0 Å². The smallest absolute Gasteiger partial charge is 0.225 e. The summed E-state index contributed by atoms with van der Waals surface area (Å²) in [6.07, 6.45) is 1.93. The number of aromatic nitrogens is 1. The number of aryl methyl sites for hydroxylation is 1. The molecule has 3 N–H and O–H groups in total. The van der Waals surface area contributed by atoms with Crippen LogP contribution in [0.15, 0.2) is 17.3 Å². The molecule has 0 bridgehead atoms. The highest BCUT2D eigenvalue weighted by Crippen LogP contribution is 2.25. The van der Waals surface area contributed by atoms with Crippen molar-refractivity contribution in [3.05, 3.63) is 23.4 Å². The Hall–Kier alpha value is -1.82. The van der Waals surface area contributed by atoms with E-state index >= 15 is 0 Å². The number of hydrogen-bond donors (Lipinski definition) is 2. The van der Waals surface area contributed by atoms with Crippen LogP contribution in [0.3, 0.4) is 0 Å². The van der Waals surface area contributed by atoms with Gasteiger partial charge in [0.2, 0.25) is 5.88 Å². The predicted octanol–water partition coefficient (Wildman–Crippen LogP) is 1.82. The maximum absolute atomic E-state index is 8.83. The second-order valence-electron chi connectivity index (χ2n) is 5.26. The van der Waals surface area contributed by atoms with Gasteiger partial charge in [-0.05, 0) is 32.9 Å². The number of nitrogens with zero attached hydrogens (tertiary/aromatic N) is 2. The SMILES string of the molecule is Cc1ccc(/C(N)=N/O)c(OC2CC(C)OC(C)C2)n1. The quantitative estimate of drug-likeness (QED) is 0.381. The molecule has 110 valence electrons. The van der Waals surface area contributed by atoms with Crippen LogP contribution in [0.5, 0.6) is 5.88 Å². The Morgan fingerprint density at radius 1 is 1.40 bits per heavy atom. The summed E-state index contributed by atoms with van der Waals surface area (Å²) >= 11 is 0. The zero-order chi connectivity index (χ0) is 14.7. The lowest BCUT2D eigenvalue weighted by atomic mass is 10.0. The first-order valence-electron chi connectivity index (χ1n) is 6.77. The third kappa shape index (κ3) is 3.39. The summed E-state index contributed by atoms with van der Waals surface area (Å²) in [7, 11) is 0. The standard InChI is InChI=1S/C14H21N3O3/c1-8-4-5-12(13(15)17-18)14(16-8)20-11-6-9(2)19-10(3)7-11/h4-5,9-11,18H,6-7H2,1-3H3,(H2,15,17). The van der Waals surface area contributed by atoms with Crippen molar-refractivity contribution in [3.63, 3.8) is 0 Å². The van der Waals surface area contributed by atoms with E-state index in [1.807, 2.05) is 20.8 Å². The van der Waals surface area contributed by atoms with Crippen molar-refractivity contribution in [2.75, 3.05) is 0 Å². The van der Waals surface area contributed by atoms with E-state index < -0.39 is 0 Å². The van der Waals surface area contributed by atoms with Gasteiger partial charge in [0.15, 0.2) is 5.84 Å². The summed E-state index contributed by atoms with van der Waals surface area (Å²) in [5.41, 5.74) is 6.99. The molecule has 0 amide bonds. The Labute approximate surface area is 118 Å². The second kappa shape index (κ2) is 6.09. The van der Waals surface area contributed by atoms with Gasteiger partial charge in [0.05, 0.1) is 17.8 Å². The van der Waals surface area contributed by atoms with E-state index in [4.69, 9.17) is 20.4 Å². The molecule has 2 atom stereocenters. The highest BCUT2D eigenvalue weighted by molar-refractivity contribution is 5.99. The lowest BCUT2D eigenvalue weighted by molar-refractivity contribution is -0.0730. The summed E-state index contributed by atoms with van der Waals surface area (Å²) in [4.78, 5) is 4.35. The lowest BCUT2D eigenvalue weighted by Crippen LogP contribution is -2.36. The summed E-state index contributed by atoms with van der Waals surface area (Å²) in [6.45, 7) is 5.93. The third-order valence-electron chi connectivity index (χ3n) is 3.32. The number of nitrogens with two attached hydrogens (primary N) is 1.